The summed E-state index contributed by atoms with van der Waals surface area (Å²) < 4.78 is 13.5. The lowest BCUT2D eigenvalue weighted by molar-refractivity contribution is 0.0235. The molecule has 1 aliphatic heterocycles. The summed E-state index contributed by atoms with van der Waals surface area (Å²) >= 11 is 0. The Morgan fingerprint density at radius 1 is 1.38 bits per heavy atom. The maximum absolute atomic E-state index is 12.3. The Morgan fingerprint density at radius 2 is 2.17 bits per heavy atom. The van der Waals surface area contributed by atoms with Gasteiger partial charge in [0.05, 0.1) is 19.0 Å². The molecule has 1 aliphatic carbocycles. The summed E-state index contributed by atoms with van der Waals surface area (Å²) in [6.07, 6.45) is 9.03. The van der Waals surface area contributed by atoms with E-state index in [1.54, 1.807) is 12.4 Å². The van der Waals surface area contributed by atoms with Gasteiger partial charge in [0, 0.05) is 23.9 Å². The first-order valence-corrected chi connectivity index (χ1v) is 8.66. The monoisotopic (exact) mass is 326 g/mol. The number of carbonyl (C=O) groups excluding carboxylic acids is 1. The normalized spacial score (nSPS) is 17.8. The first-order chi connectivity index (χ1) is 11.7. The molecule has 5 nitrogen and oxygen atoms in total. The van der Waals surface area contributed by atoms with Crippen LogP contribution >= 0.6 is 0 Å². The molecule has 1 fully saturated rings. The molecule has 4 rings (SSSR count). The van der Waals surface area contributed by atoms with Crippen molar-refractivity contribution >= 4 is 5.97 Å². The fourth-order valence-electron chi connectivity index (χ4n) is 4.21. The van der Waals surface area contributed by atoms with E-state index >= 15 is 0 Å². The summed E-state index contributed by atoms with van der Waals surface area (Å²) in [6.45, 7) is 2.76. The van der Waals surface area contributed by atoms with Crippen LogP contribution in [0.15, 0.2) is 24.5 Å². The molecule has 0 N–H and O–H groups in total. The van der Waals surface area contributed by atoms with Crippen LogP contribution in [0.1, 0.15) is 55.1 Å². The van der Waals surface area contributed by atoms with Crippen molar-refractivity contribution in [3.05, 3.63) is 35.8 Å². The van der Waals surface area contributed by atoms with Crippen molar-refractivity contribution in [3.8, 4) is 17.0 Å². The second kappa shape index (κ2) is 5.65. The van der Waals surface area contributed by atoms with Gasteiger partial charge in [-0.3, -0.25) is 4.98 Å². The van der Waals surface area contributed by atoms with Crippen molar-refractivity contribution in [1.82, 2.24) is 9.55 Å². The van der Waals surface area contributed by atoms with E-state index in [1.807, 2.05) is 12.1 Å². The zero-order chi connectivity index (χ0) is 16.7. The number of nitrogens with zero attached hydrogens (tertiary/aromatic N) is 2. The fourth-order valence-corrected chi connectivity index (χ4v) is 4.21. The molecular weight excluding hydrogens is 304 g/mol. The number of methoxy groups -OCH3 is 1. The summed E-state index contributed by atoms with van der Waals surface area (Å²) in [6, 6.07) is 3.95. The molecule has 0 bridgehead atoms. The van der Waals surface area contributed by atoms with Gasteiger partial charge in [-0.25, -0.2) is 4.79 Å². The minimum Gasteiger partial charge on any atom is -0.480 e. The van der Waals surface area contributed by atoms with E-state index in [9.17, 15) is 4.79 Å². The molecule has 0 unspecified atom stereocenters. The van der Waals surface area contributed by atoms with Crippen molar-refractivity contribution in [2.45, 2.75) is 51.2 Å². The third-order valence-electron chi connectivity index (χ3n) is 5.30. The Kier molecular flexibility index (Phi) is 3.59. The number of ether oxygens (including phenoxy) is 2. The van der Waals surface area contributed by atoms with Gasteiger partial charge in [0.1, 0.15) is 17.0 Å². The van der Waals surface area contributed by atoms with E-state index in [-0.39, 0.29) is 11.6 Å². The highest BCUT2D eigenvalue weighted by Gasteiger charge is 2.44. The summed E-state index contributed by atoms with van der Waals surface area (Å²) in [4.78, 5) is 16.5. The topological polar surface area (TPSA) is 53.4 Å². The Morgan fingerprint density at radius 3 is 2.88 bits per heavy atom. The van der Waals surface area contributed by atoms with Crippen LogP contribution in [0.5, 0.6) is 5.75 Å². The average molecular weight is 326 g/mol. The van der Waals surface area contributed by atoms with Gasteiger partial charge in [0.25, 0.3) is 0 Å². The Balaban J connectivity index is 1.99. The van der Waals surface area contributed by atoms with Crippen molar-refractivity contribution < 1.29 is 14.3 Å². The predicted molar refractivity (Wildman–Crippen MR) is 90.1 cm³/mol. The zero-order valence-corrected chi connectivity index (χ0v) is 14.2. The number of rotatable bonds is 2. The lowest BCUT2D eigenvalue weighted by Crippen LogP contribution is -2.38. The highest BCUT2D eigenvalue weighted by molar-refractivity contribution is 5.91. The van der Waals surface area contributed by atoms with Gasteiger partial charge in [0.2, 0.25) is 0 Å². The second-order valence-corrected chi connectivity index (χ2v) is 6.56. The molecular formula is C19H22N2O3. The van der Waals surface area contributed by atoms with Gasteiger partial charge in [-0.2, -0.15) is 0 Å². The zero-order valence-electron chi connectivity index (χ0n) is 14.2. The van der Waals surface area contributed by atoms with Crippen LogP contribution in [0.25, 0.3) is 11.3 Å². The van der Waals surface area contributed by atoms with E-state index in [0.29, 0.717) is 12.2 Å². The van der Waals surface area contributed by atoms with Gasteiger partial charge in [0.15, 0.2) is 0 Å². The van der Waals surface area contributed by atoms with Crippen molar-refractivity contribution in [3.63, 3.8) is 0 Å². The standard InChI is InChI=1S/C19H22N2O3/c1-3-21-15(18(22)23-2)11-14-17(21)13-7-10-20-12-16(13)24-19(14)8-5-4-6-9-19/h7,10-12H,3-6,8-9H2,1-2H3. The minimum absolute atomic E-state index is 0.298. The Hall–Kier alpha value is -2.30. The first kappa shape index (κ1) is 15.2. The lowest BCUT2D eigenvalue weighted by Gasteiger charge is -2.41. The lowest BCUT2D eigenvalue weighted by atomic mass is 9.77. The minimum atomic E-state index is -0.340. The molecule has 3 heterocycles. The van der Waals surface area contributed by atoms with E-state index < -0.39 is 0 Å². The quantitative estimate of drug-likeness (QED) is 0.785. The maximum atomic E-state index is 12.3. The fraction of sp³-hybridized carbons (Fsp3) is 0.474. The summed E-state index contributed by atoms with van der Waals surface area (Å²) in [5.74, 6) is 0.518. The van der Waals surface area contributed by atoms with Gasteiger partial charge in [-0.1, -0.05) is 6.42 Å². The van der Waals surface area contributed by atoms with Gasteiger partial charge in [-0.15, -0.1) is 0 Å². The predicted octanol–water partition coefficient (Wildman–Crippen LogP) is 3.91. The van der Waals surface area contributed by atoms with E-state index in [2.05, 4.69) is 16.5 Å². The summed E-state index contributed by atoms with van der Waals surface area (Å²) in [7, 11) is 1.43. The van der Waals surface area contributed by atoms with Gasteiger partial charge >= 0.3 is 5.97 Å². The second-order valence-electron chi connectivity index (χ2n) is 6.56. The molecule has 24 heavy (non-hydrogen) atoms. The van der Waals surface area contributed by atoms with Crippen LogP contribution < -0.4 is 4.74 Å². The number of pyridine rings is 1. The van der Waals surface area contributed by atoms with E-state index in [4.69, 9.17) is 9.47 Å². The molecule has 5 heteroatoms. The molecule has 2 aromatic rings. The van der Waals surface area contributed by atoms with Gasteiger partial charge < -0.3 is 14.0 Å². The molecule has 0 amide bonds. The average Bonchev–Trinajstić information content (AvgIpc) is 3.03. The van der Waals surface area contributed by atoms with E-state index in [0.717, 1.165) is 48.3 Å². The maximum Gasteiger partial charge on any atom is 0.354 e. The Bertz CT molecular complexity index is 788. The Labute approximate surface area is 141 Å². The molecule has 0 saturated heterocycles. The molecule has 0 atom stereocenters. The van der Waals surface area contributed by atoms with Crippen molar-refractivity contribution in [2.75, 3.05) is 7.11 Å². The third kappa shape index (κ3) is 2.07. The molecule has 0 aromatic carbocycles. The van der Waals surface area contributed by atoms with Crippen LogP contribution in [-0.2, 0) is 16.9 Å². The SMILES string of the molecule is CCn1c(C(=O)OC)cc2c1-c1ccncc1OC21CCCCC1. The van der Waals surface area contributed by atoms with Crippen LogP contribution in [0, 0.1) is 0 Å². The van der Waals surface area contributed by atoms with Crippen LogP contribution in [0.2, 0.25) is 0 Å². The van der Waals surface area contributed by atoms with Crippen molar-refractivity contribution in [2.24, 2.45) is 0 Å². The summed E-state index contributed by atoms with van der Waals surface area (Å²) in [5, 5.41) is 0. The third-order valence-corrected chi connectivity index (χ3v) is 5.30. The van der Waals surface area contributed by atoms with Gasteiger partial charge in [-0.05, 0) is 44.7 Å². The molecule has 1 saturated carbocycles. The largest absolute Gasteiger partial charge is 0.480 e. The van der Waals surface area contributed by atoms with Crippen molar-refractivity contribution in [1.29, 1.82) is 0 Å². The molecule has 2 aliphatic rings. The summed E-state index contributed by atoms with van der Waals surface area (Å²) in [5.41, 5.74) is 3.48. The molecule has 0 radical (unpaired) electrons. The molecule has 1 spiro atoms. The number of fused-ring (bicyclic) bond motifs is 4. The van der Waals surface area contributed by atoms with Crippen LogP contribution in [-0.4, -0.2) is 22.6 Å². The first-order valence-electron chi connectivity index (χ1n) is 8.66. The number of carbonyl (C=O) groups is 1. The molecule has 126 valence electrons. The highest BCUT2D eigenvalue weighted by atomic mass is 16.5. The van der Waals surface area contributed by atoms with Crippen LogP contribution in [0.4, 0.5) is 0 Å². The highest BCUT2D eigenvalue weighted by Crippen LogP contribution is 2.51. The van der Waals surface area contributed by atoms with Crippen LogP contribution in [0.3, 0.4) is 0 Å². The number of esters is 1. The number of hydrogen-bond acceptors (Lipinski definition) is 4. The van der Waals surface area contributed by atoms with E-state index in [1.165, 1.54) is 13.5 Å². The molecule has 2 aromatic heterocycles. The number of hydrogen-bond donors (Lipinski definition) is 0. The smallest absolute Gasteiger partial charge is 0.354 e. The number of aromatic nitrogens is 2.